The highest BCUT2D eigenvalue weighted by Gasteiger charge is 2.24. The minimum Gasteiger partial charge on any atom is -0.506 e. The fraction of sp³-hybridized carbons (Fsp3) is 0.111. The van der Waals surface area contributed by atoms with Gasteiger partial charge in [0.1, 0.15) is 11.6 Å². The van der Waals surface area contributed by atoms with Crippen LogP contribution in [0.4, 0.5) is 17.6 Å². The Kier molecular flexibility index (Phi) is 4.26. The summed E-state index contributed by atoms with van der Waals surface area (Å²) in [6.45, 7) is -1.77. The molecular formula is C18H10ClF4N3O2. The summed E-state index contributed by atoms with van der Waals surface area (Å²) in [7, 11) is 0. The third-order valence-electron chi connectivity index (χ3n) is 4.25. The highest BCUT2D eigenvalue weighted by atomic mass is 35.5. The molecule has 0 unspecified atom stereocenters. The average molecular weight is 412 g/mol. The Morgan fingerprint density at radius 3 is 2.57 bits per heavy atom. The fourth-order valence-electron chi connectivity index (χ4n) is 3.07. The van der Waals surface area contributed by atoms with E-state index in [1.807, 2.05) is 0 Å². The molecule has 2 aromatic heterocycles. The van der Waals surface area contributed by atoms with Crippen molar-refractivity contribution in [3.05, 3.63) is 46.6 Å². The predicted molar refractivity (Wildman–Crippen MR) is 94.8 cm³/mol. The second-order valence-electron chi connectivity index (χ2n) is 5.97. The smallest absolute Gasteiger partial charge is 0.387 e. The molecule has 0 atom stereocenters. The molecule has 0 aliphatic heterocycles. The van der Waals surface area contributed by atoms with Gasteiger partial charge < -0.3 is 9.84 Å². The zero-order valence-electron chi connectivity index (χ0n) is 14.0. The van der Waals surface area contributed by atoms with Crippen LogP contribution in [-0.4, -0.2) is 26.9 Å². The van der Waals surface area contributed by atoms with Crippen LogP contribution in [0.5, 0.6) is 11.5 Å². The van der Waals surface area contributed by atoms with Crippen molar-refractivity contribution in [3.8, 4) is 22.8 Å². The molecule has 10 heteroatoms. The number of H-pyrrole nitrogens is 1. The Morgan fingerprint density at radius 1 is 1.14 bits per heavy atom. The Balaban J connectivity index is 2.17. The van der Waals surface area contributed by atoms with Crippen LogP contribution in [-0.2, 0) is 0 Å². The van der Waals surface area contributed by atoms with Crippen molar-refractivity contribution < 1.29 is 27.4 Å². The highest BCUT2D eigenvalue weighted by molar-refractivity contribution is 6.32. The highest BCUT2D eigenvalue weighted by Crippen LogP contribution is 2.40. The van der Waals surface area contributed by atoms with Crippen LogP contribution in [0, 0.1) is 18.6 Å². The van der Waals surface area contributed by atoms with Gasteiger partial charge in [-0.3, -0.25) is 5.10 Å². The van der Waals surface area contributed by atoms with E-state index in [4.69, 9.17) is 11.6 Å². The van der Waals surface area contributed by atoms with E-state index in [0.717, 1.165) is 0 Å². The first-order valence-electron chi connectivity index (χ1n) is 7.88. The van der Waals surface area contributed by atoms with Crippen LogP contribution in [0.25, 0.3) is 33.1 Å². The lowest BCUT2D eigenvalue weighted by Crippen LogP contribution is -2.05. The lowest BCUT2D eigenvalue weighted by Gasteiger charge is -2.13. The fourth-order valence-corrected chi connectivity index (χ4v) is 3.25. The third-order valence-corrected chi connectivity index (χ3v) is 4.55. The van der Waals surface area contributed by atoms with Crippen molar-refractivity contribution in [2.45, 2.75) is 13.5 Å². The maximum Gasteiger partial charge on any atom is 0.387 e. The quantitative estimate of drug-likeness (QED) is 0.447. The summed E-state index contributed by atoms with van der Waals surface area (Å²) in [5, 5.41) is 15.7. The summed E-state index contributed by atoms with van der Waals surface area (Å²) in [5.41, 5.74) is 0.680. The SMILES string of the molecule is Cc1[nH]nc2nc(-c3ccc(O)c(Cl)c3)c3c(F)cc(OC(F)F)c(F)c3c12. The molecule has 5 nitrogen and oxygen atoms in total. The predicted octanol–water partition coefficient (Wildman–Crippen LogP) is 5.33. The number of aryl methyl sites for hydroxylation is 1. The number of aromatic nitrogens is 3. The lowest BCUT2D eigenvalue weighted by atomic mass is 9.99. The van der Waals surface area contributed by atoms with Crippen LogP contribution in [0.3, 0.4) is 0 Å². The Labute approximate surface area is 159 Å². The van der Waals surface area contributed by atoms with Crippen molar-refractivity contribution in [2.75, 3.05) is 0 Å². The molecule has 0 aliphatic rings. The number of nitrogens with zero attached hydrogens (tertiary/aromatic N) is 2. The molecule has 0 amide bonds. The number of hydrogen-bond acceptors (Lipinski definition) is 4. The second kappa shape index (κ2) is 6.52. The van der Waals surface area contributed by atoms with Crippen LogP contribution >= 0.6 is 11.6 Å². The van der Waals surface area contributed by atoms with Gasteiger partial charge in [0.25, 0.3) is 0 Å². The number of halogens is 5. The molecule has 0 aliphatic carbocycles. The zero-order chi connectivity index (χ0) is 20.2. The molecular weight excluding hydrogens is 402 g/mol. The van der Waals surface area contributed by atoms with Crippen molar-refractivity contribution >= 4 is 33.4 Å². The van der Waals surface area contributed by atoms with Gasteiger partial charge in [0.2, 0.25) is 0 Å². The van der Waals surface area contributed by atoms with Crippen molar-refractivity contribution in [3.63, 3.8) is 0 Å². The maximum absolute atomic E-state index is 15.1. The topological polar surface area (TPSA) is 71.0 Å². The molecule has 28 heavy (non-hydrogen) atoms. The monoisotopic (exact) mass is 411 g/mol. The Bertz CT molecular complexity index is 1240. The number of rotatable bonds is 3. The molecule has 2 aromatic carbocycles. The summed E-state index contributed by atoms with van der Waals surface area (Å²) in [6, 6.07) is 4.55. The molecule has 4 aromatic rings. The van der Waals surface area contributed by atoms with Gasteiger partial charge in [-0.05, 0) is 25.1 Å². The van der Waals surface area contributed by atoms with Crippen LogP contribution in [0.2, 0.25) is 5.02 Å². The Hall–Kier alpha value is -3.07. The minimum atomic E-state index is -3.33. The molecule has 4 rings (SSSR count). The van der Waals surface area contributed by atoms with Gasteiger partial charge in [-0.15, -0.1) is 0 Å². The largest absolute Gasteiger partial charge is 0.506 e. The van der Waals surface area contributed by atoms with Gasteiger partial charge in [-0.25, -0.2) is 13.8 Å². The number of aromatic amines is 1. The number of aromatic hydroxyl groups is 1. The average Bonchev–Trinajstić information content (AvgIpc) is 3.01. The number of nitrogens with one attached hydrogen (secondary N) is 1. The van der Waals surface area contributed by atoms with Crippen molar-refractivity contribution in [2.24, 2.45) is 0 Å². The van der Waals surface area contributed by atoms with Crippen LogP contribution < -0.4 is 4.74 Å². The molecule has 0 fully saturated rings. The first kappa shape index (κ1) is 18.3. The Morgan fingerprint density at radius 2 is 1.89 bits per heavy atom. The maximum atomic E-state index is 15.1. The van der Waals surface area contributed by atoms with Gasteiger partial charge in [0, 0.05) is 28.1 Å². The summed E-state index contributed by atoms with van der Waals surface area (Å²) < 4.78 is 59.3. The van der Waals surface area contributed by atoms with E-state index in [-0.39, 0.29) is 43.8 Å². The van der Waals surface area contributed by atoms with E-state index in [1.54, 1.807) is 6.92 Å². The molecule has 0 radical (unpaired) electrons. The summed E-state index contributed by atoms with van der Waals surface area (Å²) in [4.78, 5) is 4.28. The second-order valence-corrected chi connectivity index (χ2v) is 6.38. The first-order chi connectivity index (χ1) is 13.3. The van der Waals surface area contributed by atoms with Gasteiger partial charge in [0.15, 0.2) is 17.2 Å². The minimum absolute atomic E-state index is 0.0177. The van der Waals surface area contributed by atoms with E-state index < -0.39 is 24.0 Å². The van der Waals surface area contributed by atoms with E-state index in [2.05, 4.69) is 19.9 Å². The number of phenols is 1. The van der Waals surface area contributed by atoms with E-state index >= 15 is 4.39 Å². The number of hydrogen-bond donors (Lipinski definition) is 2. The van der Waals surface area contributed by atoms with Gasteiger partial charge in [0.05, 0.1) is 16.1 Å². The number of fused-ring (bicyclic) bond motifs is 3. The first-order valence-corrected chi connectivity index (χ1v) is 8.25. The number of phenolic OH excluding ortho intramolecular Hbond substituents is 1. The number of ether oxygens (including phenoxy) is 1. The molecule has 2 heterocycles. The number of alkyl halides is 2. The van der Waals surface area contributed by atoms with E-state index in [9.17, 15) is 18.3 Å². The standard InChI is InChI=1S/C18H10ClF4N3O2/c1-6-12-14-13(9(20)5-11(15(14)21)28-18(22)23)16(24-17(12)26-25-6)7-2-3-10(27)8(19)4-7/h2-5,18,27H,1H3,(H,24,25,26). The van der Waals surface area contributed by atoms with Crippen LogP contribution in [0.1, 0.15) is 5.69 Å². The van der Waals surface area contributed by atoms with Crippen LogP contribution in [0.15, 0.2) is 24.3 Å². The summed E-state index contributed by atoms with van der Waals surface area (Å²) >= 11 is 5.92. The molecule has 0 saturated heterocycles. The third kappa shape index (κ3) is 2.78. The van der Waals surface area contributed by atoms with E-state index in [1.165, 1.54) is 18.2 Å². The molecule has 0 bridgehead atoms. The molecule has 144 valence electrons. The number of pyridine rings is 1. The molecule has 2 N–H and O–H groups in total. The summed E-state index contributed by atoms with van der Waals surface area (Å²) in [5.74, 6) is -3.31. The number of benzene rings is 2. The lowest BCUT2D eigenvalue weighted by molar-refractivity contribution is -0.0521. The summed E-state index contributed by atoms with van der Waals surface area (Å²) in [6.07, 6.45) is 0. The van der Waals surface area contributed by atoms with Gasteiger partial charge in [-0.1, -0.05) is 11.6 Å². The van der Waals surface area contributed by atoms with Gasteiger partial charge >= 0.3 is 6.61 Å². The molecule has 0 spiro atoms. The van der Waals surface area contributed by atoms with Gasteiger partial charge in [-0.2, -0.15) is 13.9 Å². The zero-order valence-corrected chi connectivity index (χ0v) is 14.8. The van der Waals surface area contributed by atoms with E-state index in [0.29, 0.717) is 11.8 Å². The van der Waals surface area contributed by atoms with Crippen molar-refractivity contribution in [1.29, 1.82) is 0 Å². The van der Waals surface area contributed by atoms with Crippen molar-refractivity contribution in [1.82, 2.24) is 15.2 Å². The molecule has 0 saturated carbocycles. The normalized spacial score (nSPS) is 11.7.